The summed E-state index contributed by atoms with van der Waals surface area (Å²) >= 11 is 3.19. The minimum absolute atomic E-state index is 0.362. The summed E-state index contributed by atoms with van der Waals surface area (Å²) in [5, 5.41) is 3.78. The highest BCUT2D eigenvalue weighted by molar-refractivity contribution is 9.10. The Bertz CT molecular complexity index is 396. The molecule has 2 heterocycles. The maximum absolute atomic E-state index is 13.0. The second-order valence-electron chi connectivity index (χ2n) is 2.16. The summed E-state index contributed by atoms with van der Waals surface area (Å²) in [6, 6.07) is 4.92. The number of aromatic nitrogens is 2. The van der Waals surface area contributed by atoms with E-state index >= 15 is 0 Å². The molecule has 0 aliphatic carbocycles. The van der Waals surface area contributed by atoms with Crippen molar-refractivity contribution in [3.63, 3.8) is 0 Å². The van der Waals surface area contributed by atoms with Crippen LogP contribution in [0.15, 0.2) is 28.9 Å². The van der Waals surface area contributed by atoms with Gasteiger partial charge in [0.2, 0.25) is 5.95 Å². The van der Waals surface area contributed by atoms with Crippen LogP contribution in [0.25, 0.3) is 5.52 Å². The molecular formula is C7H4BrFN2. The van der Waals surface area contributed by atoms with E-state index in [1.807, 2.05) is 0 Å². The third-order valence-corrected chi connectivity index (χ3v) is 1.87. The lowest BCUT2D eigenvalue weighted by Crippen LogP contribution is -1.92. The van der Waals surface area contributed by atoms with Crippen LogP contribution < -0.4 is 0 Å². The molecule has 11 heavy (non-hydrogen) atoms. The van der Waals surface area contributed by atoms with Gasteiger partial charge in [0.15, 0.2) is 0 Å². The van der Waals surface area contributed by atoms with E-state index in [0.29, 0.717) is 0 Å². The predicted molar refractivity (Wildman–Crippen MR) is 42.9 cm³/mol. The lowest BCUT2D eigenvalue weighted by Gasteiger charge is -1.95. The van der Waals surface area contributed by atoms with Gasteiger partial charge in [-0.1, -0.05) is 15.9 Å². The van der Waals surface area contributed by atoms with Gasteiger partial charge in [-0.25, -0.2) is 4.52 Å². The first-order valence-corrected chi connectivity index (χ1v) is 3.85. The third kappa shape index (κ3) is 1.03. The smallest absolute Gasteiger partial charge is 0.207 e. The van der Waals surface area contributed by atoms with Crippen molar-refractivity contribution < 1.29 is 4.39 Å². The molecule has 0 fully saturated rings. The molecule has 0 bridgehead atoms. The summed E-state index contributed by atoms with van der Waals surface area (Å²) in [6.07, 6.45) is 1.56. The summed E-state index contributed by atoms with van der Waals surface area (Å²) < 4.78 is 14.9. The normalized spacial score (nSPS) is 10.7. The zero-order valence-corrected chi connectivity index (χ0v) is 7.05. The van der Waals surface area contributed by atoms with Crippen LogP contribution in [0.2, 0.25) is 0 Å². The van der Waals surface area contributed by atoms with Crippen molar-refractivity contribution in [3.05, 3.63) is 34.8 Å². The van der Waals surface area contributed by atoms with Gasteiger partial charge in [0.1, 0.15) is 0 Å². The Morgan fingerprint density at radius 1 is 1.45 bits per heavy atom. The van der Waals surface area contributed by atoms with Crippen molar-refractivity contribution >= 4 is 21.4 Å². The molecule has 2 aromatic heterocycles. The quantitative estimate of drug-likeness (QED) is 0.616. The highest BCUT2D eigenvalue weighted by atomic mass is 79.9. The Labute approximate surface area is 70.8 Å². The fraction of sp³-hybridized carbons (Fsp3) is 0. The zero-order chi connectivity index (χ0) is 7.84. The number of hydrogen-bond acceptors (Lipinski definition) is 1. The van der Waals surface area contributed by atoms with E-state index in [-0.39, 0.29) is 5.95 Å². The van der Waals surface area contributed by atoms with Gasteiger partial charge < -0.3 is 0 Å². The van der Waals surface area contributed by atoms with Gasteiger partial charge >= 0.3 is 0 Å². The average molecular weight is 215 g/mol. The molecule has 0 aromatic carbocycles. The van der Waals surface area contributed by atoms with Crippen LogP contribution in [-0.4, -0.2) is 9.61 Å². The molecule has 0 radical (unpaired) electrons. The Balaban J connectivity index is 2.91. The summed E-state index contributed by atoms with van der Waals surface area (Å²) in [5.74, 6) is -0.362. The molecule has 0 aliphatic heterocycles. The molecular weight excluding hydrogens is 211 g/mol. The first-order valence-electron chi connectivity index (χ1n) is 3.06. The monoisotopic (exact) mass is 214 g/mol. The molecule has 4 heteroatoms. The summed E-state index contributed by atoms with van der Waals surface area (Å²) in [7, 11) is 0. The Morgan fingerprint density at radius 3 is 3.09 bits per heavy atom. The fourth-order valence-corrected chi connectivity index (χ4v) is 1.38. The second kappa shape index (κ2) is 2.30. The Hall–Kier alpha value is -0.900. The highest BCUT2D eigenvalue weighted by Crippen LogP contribution is 2.14. The van der Waals surface area contributed by atoms with Crippen molar-refractivity contribution in [1.29, 1.82) is 0 Å². The molecule has 0 N–H and O–H groups in total. The number of hydrogen-bond donors (Lipinski definition) is 0. The topological polar surface area (TPSA) is 17.3 Å². The molecule has 0 atom stereocenters. The molecule has 2 aromatic rings. The number of fused-ring (bicyclic) bond motifs is 1. The predicted octanol–water partition coefficient (Wildman–Crippen LogP) is 2.24. The van der Waals surface area contributed by atoms with Gasteiger partial charge in [-0.2, -0.15) is 9.49 Å². The van der Waals surface area contributed by atoms with Gasteiger partial charge in [-0.05, 0) is 12.1 Å². The first-order chi connectivity index (χ1) is 5.27. The van der Waals surface area contributed by atoms with E-state index in [9.17, 15) is 4.39 Å². The minimum Gasteiger partial charge on any atom is -0.207 e. The minimum atomic E-state index is -0.362. The van der Waals surface area contributed by atoms with Gasteiger partial charge in [0.05, 0.1) is 11.7 Å². The van der Waals surface area contributed by atoms with Crippen LogP contribution in [0.4, 0.5) is 4.39 Å². The van der Waals surface area contributed by atoms with E-state index in [0.717, 1.165) is 9.99 Å². The molecule has 56 valence electrons. The van der Waals surface area contributed by atoms with Crippen LogP contribution in [0, 0.1) is 5.95 Å². The van der Waals surface area contributed by atoms with Crippen LogP contribution in [0.5, 0.6) is 0 Å². The van der Waals surface area contributed by atoms with Crippen molar-refractivity contribution in [1.82, 2.24) is 9.61 Å². The average Bonchev–Trinajstić information content (AvgIpc) is 2.34. The van der Waals surface area contributed by atoms with Crippen molar-refractivity contribution in [2.24, 2.45) is 0 Å². The SMILES string of the molecule is Fc1cc(Br)cc2ccnn12. The second-order valence-corrected chi connectivity index (χ2v) is 3.08. The van der Waals surface area contributed by atoms with E-state index in [1.54, 1.807) is 18.3 Å². The van der Waals surface area contributed by atoms with E-state index < -0.39 is 0 Å². The number of halogens is 2. The van der Waals surface area contributed by atoms with Crippen LogP contribution in [0.3, 0.4) is 0 Å². The zero-order valence-electron chi connectivity index (χ0n) is 5.46. The fourth-order valence-electron chi connectivity index (χ4n) is 0.959. The van der Waals surface area contributed by atoms with Gasteiger partial charge in [-0.3, -0.25) is 0 Å². The van der Waals surface area contributed by atoms with E-state index in [4.69, 9.17) is 0 Å². The first kappa shape index (κ1) is 6.79. The molecule has 2 nitrogen and oxygen atoms in total. The largest absolute Gasteiger partial charge is 0.215 e. The highest BCUT2D eigenvalue weighted by Gasteiger charge is 2.00. The molecule has 0 unspecified atom stereocenters. The summed E-state index contributed by atoms with van der Waals surface area (Å²) in [6.45, 7) is 0. The maximum Gasteiger partial charge on any atom is 0.215 e. The van der Waals surface area contributed by atoms with Gasteiger partial charge in [0, 0.05) is 10.5 Å². The van der Waals surface area contributed by atoms with Crippen molar-refractivity contribution in [3.8, 4) is 0 Å². The summed E-state index contributed by atoms with van der Waals surface area (Å²) in [4.78, 5) is 0. The molecule has 0 amide bonds. The van der Waals surface area contributed by atoms with Gasteiger partial charge in [0.25, 0.3) is 0 Å². The summed E-state index contributed by atoms with van der Waals surface area (Å²) in [5.41, 5.74) is 0.747. The lowest BCUT2D eigenvalue weighted by molar-refractivity contribution is 0.544. The molecule has 2 rings (SSSR count). The maximum atomic E-state index is 13.0. The van der Waals surface area contributed by atoms with Crippen molar-refractivity contribution in [2.45, 2.75) is 0 Å². The Morgan fingerprint density at radius 2 is 2.27 bits per heavy atom. The van der Waals surface area contributed by atoms with E-state index in [2.05, 4.69) is 21.0 Å². The molecule has 0 saturated carbocycles. The molecule has 0 spiro atoms. The number of nitrogens with zero attached hydrogens (tertiary/aromatic N) is 2. The number of pyridine rings is 1. The lowest BCUT2D eigenvalue weighted by atomic mass is 10.4. The van der Waals surface area contributed by atoms with Crippen LogP contribution in [-0.2, 0) is 0 Å². The Kier molecular flexibility index (Phi) is 1.42. The molecule has 0 aliphatic rings. The number of rotatable bonds is 0. The standard InChI is InChI=1S/C7H4BrFN2/c8-5-3-6-1-2-10-11(6)7(9)4-5/h1-4H. The van der Waals surface area contributed by atoms with Gasteiger partial charge in [-0.15, -0.1) is 0 Å². The van der Waals surface area contributed by atoms with Crippen molar-refractivity contribution in [2.75, 3.05) is 0 Å². The van der Waals surface area contributed by atoms with E-state index in [1.165, 1.54) is 10.6 Å². The molecule has 0 saturated heterocycles. The van der Waals surface area contributed by atoms with Crippen LogP contribution >= 0.6 is 15.9 Å². The van der Waals surface area contributed by atoms with Crippen LogP contribution in [0.1, 0.15) is 0 Å². The third-order valence-electron chi connectivity index (χ3n) is 1.42.